The summed E-state index contributed by atoms with van der Waals surface area (Å²) in [7, 11) is 1.52. The molecule has 100 valence electrons. The number of hydrazone groups is 1. The van der Waals surface area contributed by atoms with Gasteiger partial charge in [-0.3, -0.25) is 5.43 Å². The van der Waals surface area contributed by atoms with Crippen molar-refractivity contribution in [1.29, 1.82) is 0 Å². The van der Waals surface area contributed by atoms with Gasteiger partial charge in [0.2, 0.25) is 5.13 Å². The molecular weight excluding hydrogens is 333 g/mol. The van der Waals surface area contributed by atoms with Gasteiger partial charge in [0.15, 0.2) is 0 Å². The predicted octanol–water partition coefficient (Wildman–Crippen LogP) is 3.81. The zero-order chi connectivity index (χ0) is 13.8. The molecule has 0 saturated carbocycles. The number of halogens is 2. The lowest BCUT2D eigenvalue weighted by molar-refractivity contribution is 0.412. The van der Waals surface area contributed by atoms with Gasteiger partial charge in [0.05, 0.1) is 23.5 Å². The van der Waals surface area contributed by atoms with Gasteiger partial charge in [-0.1, -0.05) is 0 Å². The van der Waals surface area contributed by atoms with Crippen molar-refractivity contribution in [2.75, 3.05) is 12.5 Å². The lowest BCUT2D eigenvalue weighted by Crippen LogP contribution is -1.95. The molecule has 0 aliphatic rings. The van der Waals surface area contributed by atoms with Crippen LogP contribution in [0.5, 0.6) is 5.75 Å². The highest BCUT2D eigenvalue weighted by Gasteiger charge is 2.07. The molecule has 2 aromatic rings. The molecule has 0 amide bonds. The third kappa shape index (κ3) is 3.51. The van der Waals surface area contributed by atoms with E-state index in [0.717, 1.165) is 5.69 Å². The molecule has 0 atom stereocenters. The summed E-state index contributed by atoms with van der Waals surface area (Å²) in [5.41, 5.74) is 4.26. The molecular formula is C12H11BrFN3OS. The summed E-state index contributed by atoms with van der Waals surface area (Å²) in [5, 5.41) is 6.62. The first-order chi connectivity index (χ1) is 9.10. The number of nitrogens with one attached hydrogen (secondary N) is 1. The fraction of sp³-hybridized carbons (Fsp3) is 0.167. The van der Waals surface area contributed by atoms with E-state index >= 15 is 0 Å². The monoisotopic (exact) mass is 343 g/mol. The van der Waals surface area contributed by atoms with E-state index in [0.29, 0.717) is 20.9 Å². The van der Waals surface area contributed by atoms with Crippen molar-refractivity contribution < 1.29 is 9.13 Å². The first-order valence-electron chi connectivity index (χ1n) is 5.34. The standard InChI is InChI=1S/C12H11BrFN3OS/c1-7-6-19-12(16-7)17-15-5-8-3-10(14)9(13)4-11(8)18-2/h3-6H,1-2H3,(H,16,17). The molecule has 19 heavy (non-hydrogen) atoms. The maximum Gasteiger partial charge on any atom is 0.203 e. The van der Waals surface area contributed by atoms with Crippen molar-refractivity contribution in [2.45, 2.75) is 6.92 Å². The van der Waals surface area contributed by atoms with E-state index in [4.69, 9.17) is 4.74 Å². The van der Waals surface area contributed by atoms with Gasteiger partial charge in [-0.2, -0.15) is 5.10 Å². The fourth-order valence-corrected chi connectivity index (χ4v) is 2.34. The number of hydrogen-bond donors (Lipinski definition) is 1. The molecule has 1 N–H and O–H groups in total. The number of rotatable bonds is 4. The third-order valence-corrected chi connectivity index (χ3v) is 3.73. The zero-order valence-corrected chi connectivity index (χ0v) is 12.7. The molecule has 4 nitrogen and oxygen atoms in total. The molecule has 0 radical (unpaired) electrons. The number of aromatic nitrogens is 1. The average molecular weight is 344 g/mol. The number of hydrogen-bond acceptors (Lipinski definition) is 5. The first kappa shape index (κ1) is 14.0. The van der Waals surface area contributed by atoms with Crippen LogP contribution in [0.15, 0.2) is 27.1 Å². The lowest BCUT2D eigenvalue weighted by atomic mass is 10.2. The molecule has 0 aliphatic heterocycles. The molecule has 0 spiro atoms. The molecule has 1 heterocycles. The summed E-state index contributed by atoms with van der Waals surface area (Å²) in [6.45, 7) is 1.90. The van der Waals surface area contributed by atoms with Gasteiger partial charge < -0.3 is 4.74 Å². The summed E-state index contributed by atoms with van der Waals surface area (Å²) in [6, 6.07) is 2.91. The fourth-order valence-electron chi connectivity index (χ4n) is 1.38. The van der Waals surface area contributed by atoms with E-state index in [1.807, 2.05) is 12.3 Å². The number of methoxy groups -OCH3 is 1. The minimum Gasteiger partial charge on any atom is -0.496 e. The number of thiazole rings is 1. The molecule has 1 aromatic heterocycles. The maximum atomic E-state index is 13.5. The smallest absolute Gasteiger partial charge is 0.203 e. The van der Waals surface area contributed by atoms with Crippen LogP contribution in [0.1, 0.15) is 11.3 Å². The van der Waals surface area contributed by atoms with Crippen molar-refractivity contribution in [1.82, 2.24) is 4.98 Å². The Morgan fingerprint density at radius 2 is 2.32 bits per heavy atom. The quantitative estimate of drug-likeness (QED) is 0.678. The van der Waals surface area contributed by atoms with E-state index in [1.165, 1.54) is 30.7 Å². The van der Waals surface area contributed by atoms with Crippen molar-refractivity contribution in [2.24, 2.45) is 5.10 Å². The van der Waals surface area contributed by atoms with Gasteiger partial charge in [0.25, 0.3) is 0 Å². The van der Waals surface area contributed by atoms with E-state index < -0.39 is 0 Å². The van der Waals surface area contributed by atoms with Crippen LogP contribution in [0.3, 0.4) is 0 Å². The van der Waals surface area contributed by atoms with Crippen LogP contribution in [0.4, 0.5) is 9.52 Å². The number of aryl methyl sites for hydroxylation is 1. The van der Waals surface area contributed by atoms with Gasteiger partial charge in [-0.25, -0.2) is 9.37 Å². The molecule has 0 unspecified atom stereocenters. The SMILES string of the molecule is COc1cc(Br)c(F)cc1C=NNc1nc(C)cs1. The molecule has 1 aromatic carbocycles. The minimum absolute atomic E-state index is 0.352. The number of benzene rings is 1. The summed E-state index contributed by atoms with van der Waals surface area (Å²) < 4.78 is 19.0. The lowest BCUT2D eigenvalue weighted by Gasteiger charge is -2.05. The van der Waals surface area contributed by atoms with Crippen molar-refractivity contribution in [3.05, 3.63) is 39.1 Å². The number of anilines is 1. The molecule has 0 fully saturated rings. The van der Waals surface area contributed by atoms with Crippen LogP contribution in [0.2, 0.25) is 0 Å². The highest BCUT2D eigenvalue weighted by atomic mass is 79.9. The van der Waals surface area contributed by atoms with Gasteiger partial charge in [-0.05, 0) is 35.0 Å². The van der Waals surface area contributed by atoms with Crippen molar-refractivity contribution in [3.8, 4) is 5.75 Å². The second kappa shape index (κ2) is 6.12. The Hall–Kier alpha value is -1.47. The molecule has 0 bridgehead atoms. The van der Waals surface area contributed by atoms with E-state index in [-0.39, 0.29) is 5.82 Å². The van der Waals surface area contributed by atoms with Gasteiger partial charge in [0.1, 0.15) is 11.6 Å². The Morgan fingerprint density at radius 1 is 1.53 bits per heavy atom. The van der Waals surface area contributed by atoms with E-state index in [2.05, 4.69) is 31.4 Å². The minimum atomic E-state index is -0.368. The van der Waals surface area contributed by atoms with Crippen LogP contribution in [0, 0.1) is 12.7 Å². The normalized spacial score (nSPS) is 10.9. The van der Waals surface area contributed by atoms with Gasteiger partial charge >= 0.3 is 0 Å². The van der Waals surface area contributed by atoms with Crippen molar-refractivity contribution >= 4 is 38.6 Å². The average Bonchev–Trinajstić information content (AvgIpc) is 2.79. The largest absolute Gasteiger partial charge is 0.496 e. The summed E-state index contributed by atoms with van der Waals surface area (Å²) in [4.78, 5) is 4.20. The summed E-state index contributed by atoms with van der Waals surface area (Å²) in [6.07, 6.45) is 1.49. The van der Waals surface area contributed by atoms with E-state index in [9.17, 15) is 4.39 Å². The second-order valence-corrected chi connectivity index (χ2v) is 5.38. The van der Waals surface area contributed by atoms with Crippen LogP contribution < -0.4 is 10.2 Å². The number of ether oxygens (including phenoxy) is 1. The Bertz CT molecular complexity index is 615. The number of nitrogens with zero attached hydrogens (tertiary/aromatic N) is 2. The Morgan fingerprint density at radius 3 is 2.95 bits per heavy atom. The maximum absolute atomic E-state index is 13.5. The van der Waals surface area contributed by atoms with Gasteiger partial charge in [-0.15, -0.1) is 11.3 Å². The highest BCUT2D eigenvalue weighted by Crippen LogP contribution is 2.25. The highest BCUT2D eigenvalue weighted by molar-refractivity contribution is 9.10. The zero-order valence-electron chi connectivity index (χ0n) is 10.3. The van der Waals surface area contributed by atoms with Crippen molar-refractivity contribution in [3.63, 3.8) is 0 Å². The molecule has 0 saturated heterocycles. The first-order valence-corrected chi connectivity index (χ1v) is 7.01. The third-order valence-electron chi connectivity index (χ3n) is 2.26. The predicted molar refractivity (Wildman–Crippen MR) is 78.7 cm³/mol. The molecule has 7 heteroatoms. The second-order valence-electron chi connectivity index (χ2n) is 3.67. The van der Waals surface area contributed by atoms with Crippen LogP contribution >= 0.6 is 27.3 Å². The Balaban J connectivity index is 2.16. The molecule has 2 rings (SSSR count). The van der Waals surface area contributed by atoms with Crippen LogP contribution in [0.25, 0.3) is 0 Å². The van der Waals surface area contributed by atoms with Crippen LogP contribution in [-0.4, -0.2) is 18.3 Å². The summed E-state index contributed by atoms with van der Waals surface area (Å²) >= 11 is 4.56. The Labute approximate surface area is 122 Å². The topological polar surface area (TPSA) is 46.5 Å². The van der Waals surface area contributed by atoms with E-state index in [1.54, 1.807) is 6.07 Å². The summed E-state index contributed by atoms with van der Waals surface area (Å²) in [5.74, 6) is 0.168. The van der Waals surface area contributed by atoms with Gasteiger partial charge in [0, 0.05) is 10.9 Å². The van der Waals surface area contributed by atoms with Crippen LogP contribution in [-0.2, 0) is 0 Å². The Kier molecular flexibility index (Phi) is 4.49. The molecule has 0 aliphatic carbocycles.